The molecule has 1 unspecified atom stereocenters. The van der Waals surface area contributed by atoms with Crippen LogP contribution in [-0.2, 0) is 13.6 Å². The van der Waals surface area contributed by atoms with Crippen LogP contribution in [0.5, 0.6) is 5.75 Å². The van der Waals surface area contributed by atoms with Crippen molar-refractivity contribution in [2.45, 2.75) is 19.5 Å². The molecule has 0 aliphatic rings. The minimum absolute atomic E-state index is 0. The lowest BCUT2D eigenvalue weighted by Crippen LogP contribution is -2.41. The smallest absolute Gasteiger partial charge is 0.191 e. The second-order valence-electron chi connectivity index (χ2n) is 6.27. The second kappa shape index (κ2) is 11.8. The summed E-state index contributed by atoms with van der Waals surface area (Å²) in [6.07, 6.45) is 1.79. The third kappa shape index (κ3) is 7.02. The third-order valence-electron chi connectivity index (χ3n) is 4.25. The van der Waals surface area contributed by atoms with E-state index in [0.717, 1.165) is 30.5 Å². The summed E-state index contributed by atoms with van der Waals surface area (Å²) >= 11 is 0. The molecular formula is C19H31IN6O. The first-order valence-corrected chi connectivity index (χ1v) is 8.84. The average Bonchev–Trinajstić information content (AvgIpc) is 3.05. The van der Waals surface area contributed by atoms with E-state index < -0.39 is 0 Å². The van der Waals surface area contributed by atoms with E-state index in [9.17, 15) is 0 Å². The van der Waals surface area contributed by atoms with Gasteiger partial charge in [0.25, 0.3) is 0 Å². The molecule has 8 heteroatoms. The third-order valence-corrected chi connectivity index (χ3v) is 4.25. The molecule has 0 aliphatic carbocycles. The van der Waals surface area contributed by atoms with Crippen LogP contribution in [0.4, 0.5) is 0 Å². The van der Waals surface area contributed by atoms with E-state index in [2.05, 4.69) is 58.8 Å². The zero-order valence-corrected chi connectivity index (χ0v) is 19.1. The number of ether oxygens (including phenoxy) is 1. The lowest BCUT2D eigenvalue weighted by atomic mass is 10.1. The molecule has 1 aromatic heterocycles. The van der Waals surface area contributed by atoms with Gasteiger partial charge in [-0.3, -0.25) is 4.68 Å². The van der Waals surface area contributed by atoms with Crippen LogP contribution in [0.2, 0.25) is 0 Å². The van der Waals surface area contributed by atoms with Gasteiger partial charge in [0.05, 0.1) is 25.4 Å². The van der Waals surface area contributed by atoms with E-state index in [1.807, 2.05) is 29.9 Å². The average molecular weight is 486 g/mol. The monoisotopic (exact) mass is 486 g/mol. The van der Waals surface area contributed by atoms with Crippen LogP contribution in [0.15, 0.2) is 41.5 Å². The minimum atomic E-state index is 0. The number of guanidine groups is 1. The van der Waals surface area contributed by atoms with Gasteiger partial charge in [-0.1, -0.05) is 12.1 Å². The maximum Gasteiger partial charge on any atom is 0.191 e. The maximum absolute atomic E-state index is 5.25. The first kappa shape index (κ1) is 23.2. The predicted octanol–water partition coefficient (Wildman–Crippen LogP) is 2.40. The van der Waals surface area contributed by atoms with E-state index in [0.29, 0.717) is 6.54 Å². The molecular weight excluding hydrogens is 455 g/mol. The van der Waals surface area contributed by atoms with Crippen LogP contribution in [0.1, 0.15) is 24.2 Å². The van der Waals surface area contributed by atoms with Gasteiger partial charge >= 0.3 is 0 Å². The molecule has 7 nitrogen and oxygen atoms in total. The van der Waals surface area contributed by atoms with Gasteiger partial charge in [-0.25, -0.2) is 4.99 Å². The first-order chi connectivity index (χ1) is 12.5. The summed E-state index contributed by atoms with van der Waals surface area (Å²) in [6.45, 7) is 4.21. The number of benzene rings is 1. The lowest BCUT2D eigenvalue weighted by Gasteiger charge is -2.26. The van der Waals surface area contributed by atoms with Gasteiger partial charge in [-0.05, 0) is 44.8 Å². The number of aryl methyl sites for hydroxylation is 1. The molecule has 1 heterocycles. The van der Waals surface area contributed by atoms with E-state index >= 15 is 0 Å². The van der Waals surface area contributed by atoms with Crippen molar-refractivity contribution in [2.24, 2.45) is 12.0 Å². The van der Waals surface area contributed by atoms with Gasteiger partial charge < -0.3 is 20.3 Å². The number of aromatic nitrogens is 2. The molecule has 2 N–H and O–H groups in total. The summed E-state index contributed by atoms with van der Waals surface area (Å²) in [4.78, 5) is 6.86. The summed E-state index contributed by atoms with van der Waals surface area (Å²) in [6, 6.07) is 10.4. The van der Waals surface area contributed by atoms with Gasteiger partial charge in [0.15, 0.2) is 5.96 Å². The SMILES string of the molecule is CCNC(=NCc1ccnn1C)NCC(c1ccc(OC)cc1)N(C)C.I. The Bertz CT molecular complexity index is 698. The van der Waals surface area contributed by atoms with E-state index in [4.69, 9.17) is 4.74 Å². The quantitative estimate of drug-likeness (QED) is 0.341. The van der Waals surface area contributed by atoms with Gasteiger partial charge in [-0.2, -0.15) is 5.10 Å². The zero-order chi connectivity index (χ0) is 18.9. The largest absolute Gasteiger partial charge is 0.497 e. The molecule has 0 saturated carbocycles. The number of rotatable bonds is 8. The molecule has 0 fully saturated rings. The standard InChI is InChI=1S/C19H30N6O.HI/c1-6-20-19(21-13-16-11-12-23-25(16)4)22-14-18(24(2)3)15-7-9-17(26-5)10-8-15;/h7-12,18H,6,13-14H2,1-5H3,(H2,20,21,22);1H. The van der Waals surface area contributed by atoms with Crippen molar-refractivity contribution in [1.29, 1.82) is 0 Å². The molecule has 0 spiro atoms. The number of halogens is 1. The highest BCUT2D eigenvalue weighted by molar-refractivity contribution is 14.0. The van der Waals surface area contributed by atoms with Crippen molar-refractivity contribution in [2.75, 3.05) is 34.3 Å². The van der Waals surface area contributed by atoms with Crippen molar-refractivity contribution in [3.63, 3.8) is 0 Å². The van der Waals surface area contributed by atoms with Crippen LogP contribution < -0.4 is 15.4 Å². The number of methoxy groups -OCH3 is 1. The van der Waals surface area contributed by atoms with Crippen LogP contribution in [0, 0.1) is 0 Å². The summed E-state index contributed by atoms with van der Waals surface area (Å²) in [5.41, 5.74) is 2.30. The number of likely N-dealkylation sites (N-methyl/N-ethyl adjacent to an activating group) is 1. The van der Waals surface area contributed by atoms with Crippen LogP contribution in [-0.4, -0.2) is 54.9 Å². The summed E-state index contributed by atoms with van der Waals surface area (Å²) in [5, 5.41) is 10.9. The van der Waals surface area contributed by atoms with Crippen molar-refractivity contribution in [1.82, 2.24) is 25.3 Å². The van der Waals surface area contributed by atoms with Crippen molar-refractivity contribution < 1.29 is 4.74 Å². The van der Waals surface area contributed by atoms with Crippen LogP contribution in [0.25, 0.3) is 0 Å². The van der Waals surface area contributed by atoms with Gasteiger partial charge in [0.1, 0.15) is 5.75 Å². The Morgan fingerprint density at radius 3 is 2.44 bits per heavy atom. The minimum Gasteiger partial charge on any atom is -0.497 e. The van der Waals surface area contributed by atoms with E-state index in [-0.39, 0.29) is 30.0 Å². The number of aliphatic imine (C=N–C) groups is 1. The van der Waals surface area contributed by atoms with Gasteiger partial charge in [0.2, 0.25) is 0 Å². The summed E-state index contributed by atoms with van der Waals surface area (Å²) in [7, 11) is 7.77. The molecule has 0 saturated heterocycles. The fraction of sp³-hybridized carbons (Fsp3) is 0.474. The highest BCUT2D eigenvalue weighted by Crippen LogP contribution is 2.20. The fourth-order valence-corrected chi connectivity index (χ4v) is 2.68. The van der Waals surface area contributed by atoms with E-state index in [1.54, 1.807) is 13.3 Å². The second-order valence-corrected chi connectivity index (χ2v) is 6.27. The van der Waals surface area contributed by atoms with Crippen LogP contribution >= 0.6 is 24.0 Å². The normalized spacial score (nSPS) is 12.4. The molecule has 1 atom stereocenters. The van der Waals surface area contributed by atoms with Crippen molar-refractivity contribution in [3.8, 4) is 5.75 Å². The molecule has 0 radical (unpaired) electrons. The summed E-state index contributed by atoms with van der Waals surface area (Å²) in [5.74, 6) is 1.67. The van der Waals surface area contributed by atoms with Gasteiger partial charge in [0, 0.05) is 26.3 Å². The number of nitrogens with one attached hydrogen (secondary N) is 2. The number of nitrogens with zero attached hydrogens (tertiary/aromatic N) is 4. The Kier molecular flexibility index (Phi) is 10.2. The highest BCUT2D eigenvalue weighted by atomic mass is 127. The molecule has 27 heavy (non-hydrogen) atoms. The molecule has 0 bridgehead atoms. The lowest BCUT2D eigenvalue weighted by molar-refractivity contribution is 0.298. The molecule has 0 amide bonds. The molecule has 0 aliphatic heterocycles. The predicted molar refractivity (Wildman–Crippen MR) is 121 cm³/mol. The first-order valence-electron chi connectivity index (χ1n) is 8.84. The molecule has 2 aromatic rings. The van der Waals surface area contributed by atoms with E-state index in [1.165, 1.54) is 5.56 Å². The van der Waals surface area contributed by atoms with Crippen LogP contribution in [0.3, 0.4) is 0 Å². The Morgan fingerprint density at radius 2 is 1.93 bits per heavy atom. The molecule has 150 valence electrons. The maximum atomic E-state index is 5.25. The Morgan fingerprint density at radius 1 is 1.22 bits per heavy atom. The molecule has 1 aromatic carbocycles. The Hall–Kier alpha value is -1.81. The topological polar surface area (TPSA) is 66.7 Å². The number of hydrogen-bond donors (Lipinski definition) is 2. The Balaban J connectivity index is 0.00000364. The Labute approximate surface area is 179 Å². The molecule has 2 rings (SSSR count). The zero-order valence-electron chi connectivity index (χ0n) is 16.8. The summed E-state index contributed by atoms with van der Waals surface area (Å²) < 4.78 is 7.09. The van der Waals surface area contributed by atoms with Crippen molar-refractivity contribution in [3.05, 3.63) is 47.8 Å². The number of hydrogen-bond acceptors (Lipinski definition) is 4. The fourth-order valence-electron chi connectivity index (χ4n) is 2.68. The highest BCUT2D eigenvalue weighted by Gasteiger charge is 2.15. The van der Waals surface area contributed by atoms with Crippen molar-refractivity contribution >= 4 is 29.9 Å². The van der Waals surface area contributed by atoms with Gasteiger partial charge in [-0.15, -0.1) is 24.0 Å².